The summed E-state index contributed by atoms with van der Waals surface area (Å²) in [7, 11) is 0. The van der Waals surface area contributed by atoms with Crippen molar-refractivity contribution in [2.45, 2.75) is 25.4 Å². The van der Waals surface area contributed by atoms with Gasteiger partial charge in [-0.3, -0.25) is 14.2 Å². The van der Waals surface area contributed by atoms with E-state index in [0.717, 1.165) is 23.1 Å². The van der Waals surface area contributed by atoms with Gasteiger partial charge in [0.05, 0.1) is 11.6 Å². The van der Waals surface area contributed by atoms with Crippen molar-refractivity contribution < 1.29 is 14.7 Å². The van der Waals surface area contributed by atoms with Crippen LogP contribution in [0.1, 0.15) is 28.8 Å². The van der Waals surface area contributed by atoms with Gasteiger partial charge in [0.15, 0.2) is 5.78 Å². The number of carbonyl (C=O) groups excluding carboxylic acids is 1. The molecule has 0 unspecified atom stereocenters. The summed E-state index contributed by atoms with van der Waals surface area (Å²) in [4.78, 5) is 39.2. The van der Waals surface area contributed by atoms with Crippen LogP contribution in [-0.4, -0.2) is 45.6 Å². The Balaban J connectivity index is 1.58. The van der Waals surface area contributed by atoms with Crippen molar-refractivity contribution in [1.29, 1.82) is 0 Å². The number of rotatable bonds is 6. The fourth-order valence-electron chi connectivity index (χ4n) is 3.84. The molecule has 5 rings (SSSR count). The molecule has 30 heavy (non-hydrogen) atoms. The van der Waals surface area contributed by atoms with Crippen molar-refractivity contribution in [2.24, 2.45) is 5.92 Å². The number of fused-ring (bicyclic) bond motifs is 1. The molecule has 0 bridgehead atoms. The lowest BCUT2D eigenvalue weighted by Gasteiger charge is -2.37. The number of carboxylic acid groups (broad SMARTS) is 1. The second-order valence-corrected chi connectivity index (χ2v) is 8.97. The quantitative estimate of drug-likeness (QED) is 0.593. The molecule has 1 aliphatic heterocycles. The molecule has 3 aromatic rings. The fraction of sp³-hybridized carbons (Fsp3) is 0.318. The summed E-state index contributed by atoms with van der Waals surface area (Å²) in [5.74, 6) is 0.422. The predicted molar refractivity (Wildman–Crippen MR) is 116 cm³/mol. The number of nitrogens with zero attached hydrogens (tertiary/aromatic N) is 2. The predicted octanol–water partition coefficient (Wildman–Crippen LogP) is 3.48. The minimum absolute atomic E-state index is 0.0541. The lowest BCUT2D eigenvalue weighted by molar-refractivity contribution is 0.103. The molecule has 3 heterocycles. The zero-order valence-corrected chi connectivity index (χ0v) is 17.0. The molecule has 1 saturated carbocycles. The van der Waals surface area contributed by atoms with Crippen LogP contribution in [-0.2, 0) is 6.54 Å². The molecular weight excluding hydrogens is 402 g/mol. The van der Waals surface area contributed by atoms with Gasteiger partial charge in [-0.2, -0.15) is 0 Å². The van der Waals surface area contributed by atoms with Gasteiger partial charge in [0.1, 0.15) is 9.83 Å². The summed E-state index contributed by atoms with van der Waals surface area (Å²) in [5, 5.41) is 13.9. The third-order valence-electron chi connectivity index (χ3n) is 5.72. The average molecular weight is 423 g/mol. The second-order valence-electron chi connectivity index (χ2n) is 7.97. The summed E-state index contributed by atoms with van der Waals surface area (Å²) in [6.45, 7) is 1.42. The van der Waals surface area contributed by atoms with Gasteiger partial charge < -0.3 is 15.3 Å². The highest BCUT2D eigenvalue weighted by Gasteiger charge is 2.33. The number of benzene rings is 1. The van der Waals surface area contributed by atoms with Crippen LogP contribution < -0.4 is 10.9 Å². The van der Waals surface area contributed by atoms with Crippen molar-refractivity contribution in [3.05, 3.63) is 63.9 Å². The van der Waals surface area contributed by atoms with Gasteiger partial charge in [-0.15, -0.1) is 0 Å². The highest BCUT2D eigenvalue weighted by Crippen LogP contribution is 2.39. The summed E-state index contributed by atoms with van der Waals surface area (Å²) in [6, 6.07) is 12.3. The Morgan fingerprint density at radius 1 is 1.10 bits per heavy atom. The van der Waals surface area contributed by atoms with E-state index in [4.69, 9.17) is 5.11 Å². The maximum atomic E-state index is 13.4. The first kappa shape index (κ1) is 18.9. The van der Waals surface area contributed by atoms with E-state index in [1.165, 1.54) is 16.2 Å². The van der Waals surface area contributed by atoms with E-state index in [1.807, 2.05) is 18.2 Å². The first-order valence-electron chi connectivity index (χ1n) is 10.0. The van der Waals surface area contributed by atoms with Crippen LogP contribution in [0.3, 0.4) is 0 Å². The lowest BCUT2D eigenvalue weighted by atomic mass is 10.0. The largest absolute Gasteiger partial charge is 0.465 e. The summed E-state index contributed by atoms with van der Waals surface area (Å²) >= 11 is 1.41. The smallest absolute Gasteiger partial charge is 0.407 e. The zero-order chi connectivity index (χ0) is 20.8. The average Bonchev–Trinajstić information content (AvgIpc) is 3.45. The Morgan fingerprint density at radius 3 is 2.50 bits per heavy atom. The number of nitrogens with one attached hydrogen (secondary N) is 1. The van der Waals surface area contributed by atoms with Crippen LogP contribution in [0, 0.1) is 5.92 Å². The molecule has 8 heteroatoms. The van der Waals surface area contributed by atoms with E-state index >= 15 is 0 Å². The molecule has 1 saturated heterocycles. The minimum Gasteiger partial charge on any atom is -0.465 e. The first-order chi connectivity index (χ1) is 14.5. The van der Waals surface area contributed by atoms with Crippen LogP contribution in [0.25, 0.3) is 10.2 Å². The number of carbonyl (C=O) groups is 2. The third kappa shape index (κ3) is 3.37. The van der Waals surface area contributed by atoms with Crippen LogP contribution in [0.5, 0.6) is 0 Å². The van der Waals surface area contributed by atoms with Gasteiger partial charge in [0.25, 0.3) is 5.56 Å². The van der Waals surface area contributed by atoms with Crippen LogP contribution in [0.15, 0.2) is 47.3 Å². The molecular formula is C22H21N3O4S. The Kier molecular flexibility index (Phi) is 4.58. The minimum atomic E-state index is -0.941. The number of anilines is 1. The molecule has 0 atom stereocenters. The SMILES string of the molecule is O=C(c1ccccc1)c1c(NC2CN(C(=O)O)C2)sc2c1ccc(=O)n2CC1CC1. The van der Waals surface area contributed by atoms with E-state index in [-0.39, 0.29) is 17.4 Å². The number of thiophene rings is 1. The molecule has 1 aliphatic carbocycles. The summed E-state index contributed by atoms with van der Waals surface area (Å²) in [5.41, 5.74) is 1.09. The van der Waals surface area contributed by atoms with Crippen LogP contribution in [0.2, 0.25) is 0 Å². The van der Waals surface area contributed by atoms with Crippen molar-refractivity contribution in [2.75, 3.05) is 18.4 Å². The van der Waals surface area contributed by atoms with Gasteiger partial charge in [-0.25, -0.2) is 4.79 Å². The Hall–Kier alpha value is -3.13. The number of pyridine rings is 1. The van der Waals surface area contributed by atoms with E-state index < -0.39 is 6.09 Å². The Morgan fingerprint density at radius 2 is 1.83 bits per heavy atom. The normalized spacial score (nSPS) is 16.5. The second kappa shape index (κ2) is 7.28. The number of amides is 1. The molecule has 0 spiro atoms. The Labute approximate surface area is 176 Å². The number of hydrogen-bond acceptors (Lipinski definition) is 5. The lowest BCUT2D eigenvalue weighted by Crippen LogP contribution is -2.56. The highest BCUT2D eigenvalue weighted by atomic mass is 32.1. The van der Waals surface area contributed by atoms with Crippen molar-refractivity contribution in [3.8, 4) is 0 Å². The first-order valence-corrected chi connectivity index (χ1v) is 10.8. The molecule has 154 valence electrons. The third-order valence-corrected chi connectivity index (χ3v) is 6.88. The maximum absolute atomic E-state index is 13.4. The summed E-state index contributed by atoms with van der Waals surface area (Å²) < 4.78 is 1.79. The number of ketones is 1. The number of hydrogen-bond donors (Lipinski definition) is 2. The van der Waals surface area contributed by atoms with Gasteiger partial charge in [0.2, 0.25) is 0 Å². The van der Waals surface area contributed by atoms with E-state index in [9.17, 15) is 14.4 Å². The molecule has 1 aromatic carbocycles. The maximum Gasteiger partial charge on any atom is 0.407 e. The van der Waals surface area contributed by atoms with Crippen molar-refractivity contribution in [3.63, 3.8) is 0 Å². The molecule has 1 amide bonds. The number of likely N-dealkylation sites (tertiary alicyclic amines) is 1. The van der Waals surface area contributed by atoms with Gasteiger partial charge in [0, 0.05) is 36.7 Å². The summed E-state index contributed by atoms with van der Waals surface area (Å²) in [6.07, 6.45) is 1.31. The van der Waals surface area contributed by atoms with E-state index in [0.29, 0.717) is 41.7 Å². The molecule has 0 radical (unpaired) electrons. The number of aromatic nitrogens is 1. The van der Waals surface area contributed by atoms with Crippen molar-refractivity contribution in [1.82, 2.24) is 9.47 Å². The van der Waals surface area contributed by atoms with Crippen LogP contribution >= 0.6 is 11.3 Å². The van der Waals surface area contributed by atoms with E-state index in [2.05, 4.69) is 5.32 Å². The topological polar surface area (TPSA) is 91.6 Å². The molecule has 2 aliphatic rings. The van der Waals surface area contributed by atoms with Gasteiger partial charge in [-0.1, -0.05) is 41.7 Å². The molecule has 2 aromatic heterocycles. The fourth-order valence-corrected chi connectivity index (χ4v) is 5.11. The molecule has 2 fully saturated rings. The standard InChI is InChI=1S/C22H21N3O4S/c26-17-9-8-16-18(19(27)14-4-2-1-3-5-14)20(23-15-11-24(12-15)22(28)29)30-21(16)25(17)10-13-6-7-13/h1-5,8-9,13,15,23H,6-7,10-12H2,(H,28,29). The molecule has 7 nitrogen and oxygen atoms in total. The van der Waals surface area contributed by atoms with Gasteiger partial charge >= 0.3 is 6.09 Å². The van der Waals surface area contributed by atoms with Crippen molar-refractivity contribution >= 4 is 38.4 Å². The van der Waals surface area contributed by atoms with Crippen LogP contribution in [0.4, 0.5) is 9.80 Å². The highest BCUT2D eigenvalue weighted by molar-refractivity contribution is 7.23. The monoisotopic (exact) mass is 423 g/mol. The molecule has 2 N–H and O–H groups in total. The Bertz CT molecular complexity index is 1190. The van der Waals surface area contributed by atoms with Gasteiger partial charge in [-0.05, 0) is 24.8 Å². The van der Waals surface area contributed by atoms with E-state index in [1.54, 1.807) is 28.8 Å². The zero-order valence-electron chi connectivity index (χ0n) is 16.2.